The molecule has 1 heterocycles. The van der Waals surface area contributed by atoms with Crippen LogP contribution in [0.15, 0.2) is 42.7 Å². The number of likely N-dealkylation sites (N-methyl/N-ethyl adjacent to an activating group) is 1. The fraction of sp³-hybridized carbons (Fsp3) is 0.421. The van der Waals surface area contributed by atoms with E-state index in [0.29, 0.717) is 25.2 Å². The molecule has 7 nitrogen and oxygen atoms in total. The van der Waals surface area contributed by atoms with E-state index in [2.05, 4.69) is 21.4 Å². The molecule has 1 aromatic carbocycles. The van der Waals surface area contributed by atoms with E-state index in [-0.39, 0.29) is 6.03 Å². The third-order valence-corrected chi connectivity index (χ3v) is 3.96. The molecule has 0 radical (unpaired) electrons. The number of benzene rings is 1. The molecule has 7 heteroatoms. The lowest BCUT2D eigenvalue weighted by atomic mass is 10.1. The van der Waals surface area contributed by atoms with Crippen LogP contribution in [0, 0.1) is 11.3 Å². The van der Waals surface area contributed by atoms with E-state index in [9.17, 15) is 4.79 Å². The molecule has 138 valence electrons. The van der Waals surface area contributed by atoms with Crippen LogP contribution in [0.2, 0.25) is 0 Å². The van der Waals surface area contributed by atoms with Crippen LogP contribution >= 0.6 is 0 Å². The third kappa shape index (κ3) is 6.57. The van der Waals surface area contributed by atoms with Crippen molar-refractivity contribution in [3.05, 3.63) is 53.9 Å². The molecule has 0 atom stereocenters. The summed E-state index contributed by atoms with van der Waals surface area (Å²) in [5, 5.41) is 16.0. The van der Waals surface area contributed by atoms with Gasteiger partial charge in [-0.05, 0) is 44.3 Å². The normalized spacial score (nSPS) is 10.5. The molecule has 0 bridgehead atoms. The molecule has 0 spiro atoms. The molecule has 0 aliphatic carbocycles. The quantitative estimate of drug-likeness (QED) is 0.698. The Kier molecular flexibility index (Phi) is 7.65. The van der Waals surface area contributed by atoms with Gasteiger partial charge in [0.15, 0.2) is 0 Å². The number of carbonyl (C=O) groups excluding carboxylic acids is 1. The molecule has 0 fully saturated rings. The van der Waals surface area contributed by atoms with Crippen molar-refractivity contribution < 1.29 is 4.79 Å². The first kappa shape index (κ1) is 19.5. The molecule has 0 saturated carbocycles. The van der Waals surface area contributed by atoms with Crippen LogP contribution in [0.5, 0.6) is 0 Å². The Balaban J connectivity index is 1.87. The fourth-order valence-electron chi connectivity index (χ4n) is 2.46. The number of aromatic nitrogens is 2. The standard InChI is InChI=1S/C19H26N6O/c1-23(2)13-14-24(16-18-7-5-17(15-20)6-8-18)19(26)21-9-3-11-25-12-4-10-22-25/h4-8,10,12H,3,9,11,13-14,16H2,1-2H3,(H,21,26). The van der Waals surface area contributed by atoms with Gasteiger partial charge >= 0.3 is 6.03 Å². The van der Waals surface area contributed by atoms with E-state index in [1.165, 1.54) is 0 Å². The van der Waals surface area contributed by atoms with Crippen molar-refractivity contribution in [2.45, 2.75) is 19.5 Å². The Morgan fingerprint density at radius 2 is 2.04 bits per heavy atom. The van der Waals surface area contributed by atoms with Crippen molar-refractivity contribution in [2.75, 3.05) is 33.7 Å². The van der Waals surface area contributed by atoms with Crippen LogP contribution in [-0.4, -0.2) is 59.3 Å². The molecular formula is C19H26N6O. The lowest BCUT2D eigenvalue weighted by Crippen LogP contribution is -2.43. The number of aryl methyl sites for hydroxylation is 1. The summed E-state index contributed by atoms with van der Waals surface area (Å²) in [5.74, 6) is 0. The predicted molar refractivity (Wildman–Crippen MR) is 100 cm³/mol. The summed E-state index contributed by atoms with van der Waals surface area (Å²) >= 11 is 0. The van der Waals surface area contributed by atoms with Crippen molar-refractivity contribution >= 4 is 6.03 Å². The molecule has 2 rings (SSSR count). The number of hydrogen-bond donors (Lipinski definition) is 1. The second kappa shape index (κ2) is 10.2. The number of hydrogen-bond acceptors (Lipinski definition) is 4. The van der Waals surface area contributed by atoms with Crippen molar-refractivity contribution in [1.82, 2.24) is 24.9 Å². The van der Waals surface area contributed by atoms with Gasteiger partial charge in [-0.2, -0.15) is 10.4 Å². The maximum absolute atomic E-state index is 12.6. The van der Waals surface area contributed by atoms with Crippen molar-refractivity contribution in [3.8, 4) is 6.07 Å². The van der Waals surface area contributed by atoms with Crippen LogP contribution < -0.4 is 5.32 Å². The van der Waals surface area contributed by atoms with Gasteiger partial charge in [-0.25, -0.2) is 4.79 Å². The van der Waals surface area contributed by atoms with E-state index in [1.807, 2.05) is 43.2 Å². The number of rotatable bonds is 9. The van der Waals surface area contributed by atoms with Crippen molar-refractivity contribution in [1.29, 1.82) is 5.26 Å². The van der Waals surface area contributed by atoms with Crippen LogP contribution in [0.25, 0.3) is 0 Å². The van der Waals surface area contributed by atoms with Crippen LogP contribution in [0.1, 0.15) is 17.5 Å². The summed E-state index contributed by atoms with van der Waals surface area (Å²) in [7, 11) is 3.98. The molecule has 26 heavy (non-hydrogen) atoms. The molecule has 0 aliphatic heterocycles. The smallest absolute Gasteiger partial charge is 0.317 e. The van der Waals surface area contributed by atoms with E-state index in [4.69, 9.17) is 5.26 Å². The first-order valence-corrected chi connectivity index (χ1v) is 8.72. The van der Waals surface area contributed by atoms with E-state index in [1.54, 1.807) is 23.2 Å². The number of carbonyl (C=O) groups is 1. The second-order valence-corrected chi connectivity index (χ2v) is 6.39. The largest absolute Gasteiger partial charge is 0.338 e. The number of nitriles is 1. The van der Waals surface area contributed by atoms with Crippen molar-refractivity contribution in [3.63, 3.8) is 0 Å². The van der Waals surface area contributed by atoms with Gasteiger partial charge in [-0.15, -0.1) is 0 Å². The highest BCUT2D eigenvalue weighted by Crippen LogP contribution is 2.07. The summed E-state index contributed by atoms with van der Waals surface area (Å²) in [6, 6.07) is 11.3. The molecule has 1 aromatic heterocycles. The number of urea groups is 1. The van der Waals surface area contributed by atoms with E-state index in [0.717, 1.165) is 25.1 Å². The minimum atomic E-state index is -0.0725. The maximum Gasteiger partial charge on any atom is 0.317 e. The molecular weight excluding hydrogens is 328 g/mol. The number of nitrogens with one attached hydrogen (secondary N) is 1. The van der Waals surface area contributed by atoms with Gasteiger partial charge in [0.05, 0.1) is 11.6 Å². The zero-order chi connectivity index (χ0) is 18.8. The van der Waals surface area contributed by atoms with Gasteiger partial charge in [0, 0.05) is 45.1 Å². The van der Waals surface area contributed by atoms with E-state index >= 15 is 0 Å². The second-order valence-electron chi connectivity index (χ2n) is 6.39. The third-order valence-electron chi connectivity index (χ3n) is 3.96. The topological polar surface area (TPSA) is 77.2 Å². The average molecular weight is 354 g/mol. The Morgan fingerprint density at radius 3 is 2.65 bits per heavy atom. The van der Waals surface area contributed by atoms with Gasteiger partial charge in [0.25, 0.3) is 0 Å². The summed E-state index contributed by atoms with van der Waals surface area (Å²) in [6.07, 6.45) is 4.49. The predicted octanol–water partition coefficient (Wildman–Crippen LogP) is 1.92. The monoisotopic (exact) mass is 354 g/mol. The minimum absolute atomic E-state index is 0.0725. The fourth-order valence-corrected chi connectivity index (χ4v) is 2.46. The SMILES string of the molecule is CN(C)CCN(Cc1ccc(C#N)cc1)C(=O)NCCCn1cccn1. The molecule has 0 aliphatic rings. The number of amides is 2. The van der Waals surface area contributed by atoms with Gasteiger partial charge < -0.3 is 15.1 Å². The van der Waals surface area contributed by atoms with Gasteiger partial charge in [0.1, 0.15) is 0 Å². The maximum atomic E-state index is 12.6. The molecule has 1 N–H and O–H groups in total. The lowest BCUT2D eigenvalue weighted by molar-refractivity contribution is 0.188. The first-order chi connectivity index (χ1) is 12.6. The highest BCUT2D eigenvalue weighted by molar-refractivity contribution is 5.74. The summed E-state index contributed by atoms with van der Waals surface area (Å²) in [6.45, 7) is 3.32. The Hall–Kier alpha value is -2.85. The van der Waals surface area contributed by atoms with Crippen LogP contribution in [0.3, 0.4) is 0 Å². The van der Waals surface area contributed by atoms with Crippen LogP contribution in [0.4, 0.5) is 4.79 Å². The average Bonchev–Trinajstić information content (AvgIpc) is 3.16. The Morgan fingerprint density at radius 1 is 1.27 bits per heavy atom. The minimum Gasteiger partial charge on any atom is -0.338 e. The summed E-state index contributed by atoms with van der Waals surface area (Å²) in [4.78, 5) is 16.4. The molecule has 0 saturated heterocycles. The van der Waals surface area contributed by atoms with E-state index < -0.39 is 0 Å². The van der Waals surface area contributed by atoms with Crippen molar-refractivity contribution in [2.24, 2.45) is 0 Å². The summed E-state index contributed by atoms with van der Waals surface area (Å²) in [5.41, 5.74) is 1.63. The first-order valence-electron chi connectivity index (χ1n) is 8.72. The summed E-state index contributed by atoms with van der Waals surface area (Å²) < 4.78 is 1.85. The molecule has 0 unspecified atom stereocenters. The molecule has 2 amide bonds. The highest BCUT2D eigenvalue weighted by atomic mass is 16.2. The lowest BCUT2D eigenvalue weighted by Gasteiger charge is -2.25. The van der Waals surface area contributed by atoms with Gasteiger partial charge in [-0.3, -0.25) is 4.68 Å². The van der Waals surface area contributed by atoms with Gasteiger partial charge in [-0.1, -0.05) is 12.1 Å². The zero-order valence-corrected chi connectivity index (χ0v) is 15.4. The zero-order valence-electron chi connectivity index (χ0n) is 15.4. The highest BCUT2D eigenvalue weighted by Gasteiger charge is 2.14. The van der Waals surface area contributed by atoms with Gasteiger partial charge in [0.2, 0.25) is 0 Å². The number of nitrogens with zero attached hydrogens (tertiary/aromatic N) is 5. The molecule has 2 aromatic rings. The Labute approximate surface area is 154 Å². The Bertz CT molecular complexity index is 703. The van der Waals surface area contributed by atoms with Crippen LogP contribution in [-0.2, 0) is 13.1 Å².